The highest BCUT2D eigenvalue weighted by atomic mass is 127. The molecule has 0 amide bonds. The van der Waals surface area contributed by atoms with Gasteiger partial charge in [0, 0.05) is 29.7 Å². The van der Waals surface area contributed by atoms with E-state index in [9.17, 15) is 0 Å². The lowest BCUT2D eigenvalue weighted by Gasteiger charge is -2.14. The van der Waals surface area contributed by atoms with Crippen molar-refractivity contribution in [1.82, 2.24) is 10.3 Å². The first-order chi connectivity index (χ1) is 13.7. The van der Waals surface area contributed by atoms with Gasteiger partial charge in [0.15, 0.2) is 17.5 Å². The molecule has 0 aliphatic heterocycles. The molecule has 0 aliphatic rings. The molecule has 2 aromatic carbocycles. The zero-order valence-electron chi connectivity index (χ0n) is 16.6. The molecular formula is C21H25IN4O2S. The van der Waals surface area contributed by atoms with E-state index < -0.39 is 0 Å². The molecule has 2 N–H and O–H groups in total. The van der Waals surface area contributed by atoms with Crippen LogP contribution in [0.2, 0.25) is 0 Å². The number of nitrogens with zero attached hydrogens (tertiary/aromatic N) is 2. The van der Waals surface area contributed by atoms with Crippen LogP contribution in [-0.4, -0.2) is 31.7 Å². The molecule has 0 fully saturated rings. The van der Waals surface area contributed by atoms with Crippen LogP contribution in [0.3, 0.4) is 0 Å². The Balaban J connectivity index is 0.00000300. The van der Waals surface area contributed by atoms with Crippen molar-refractivity contribution in [3.8, 4) is 22.8 Å². The van der Waals surface area contributed by atoms with Crippen LogP contribution in [0.15, 0.2) is 58.9 Å². The molecule has 6 nitrogen and oxygen atoms in total. The maximum Gasteiger partial charge on any atom is 0.195 e. The summed E-state index contributed by atoms with van der Waals surface area (Å²) in [6, 6.07) is 15.9. The number of aromatic nitrogens is 1. The van der Waals surface area contributed by atoms with E-state index in [-0.39, 0.29) is 24.0 Å². The van der Waals surface area contributed by atoms with E-state index in [1.165, 1.54) is 0 Å². The van der Waals surface area contributed by atoms with Crippen molar-refractivity contribution in [3.05, 3.63) is 58.9 Å². The Kier molecular flexibility index (Phi) is 9.20. The van der Waals surface area contributed by atoms with E-state index in [4.69, 9.17) is 9.47 Å². The van der Waals surface area contributed by atoms with Gasteiger partial charge in [-0.3, -0.25) is 4.99 Å². The average Bonchev–Trinajstić information content (AvgIpc) is 3.22. The molecule has 0 bridgehead atoms. The molecule has 0 saturated carbocycles. The van der Waals surface area contributed by atoms with Crippen molar-refractivity contribution in [3.63, 3.8) is 0 Å². The fraction of sp³-hybridized carbons (Fsp3) is 0.238. The molecule has 0 atom stereocenters. The van der Waals surface area contributed by atoms with E-state index >= 15 is 0 Å². The number of methoxy groups -OCH3 is 1. The first kappa shape index (κ1) is 23.0. The van der Waals surface area contributed by atoms with Gasteiger partial charge in [-0.2, -0.15) is 0 Å². The lowest BCUT2D eigenvalue weighted by atomic mass is 10.2. The number of aliphatic imine (C=N–C) groups is 1. The highest BCUT2D eigenvalue weighted by molar-refractivity contribution is 14.0. The maximum absolute atomic E-state index is 5.55. The van der Waals surface area contributed by atoms with Crippen LogP contribution in [0.25, 0.3) is 11.3 Å². The third kappa shape index (κ3) is 6.33. The monoisotopic (exact) mass is 524 g/mol. The number of thiazole rings is 1. The van der Waals surface area contributed by atoms with Gasteiger partial charge in [-0.1, -0.05) is 30.3 Å². The van der Waals surface area contributed by atoms with Gasteiger partial charge in [0.05, 0.1) is 26.0 Å². The minimum Gasteiger partial charge on any atom is -0.493 e. The predicted octanol–water partition coefficient (Wildman–Crippen LogP) is 5.02. The van der Waals surface area contributed by atoms with Gasteiger partial charge in [-0.15, -0.1) is 35.3 Å². The van der Waals surface area contributed by atoms with Crippen molar-refractivity contribution >= 4 is 47.0 Å². The maximum atomic E-state index is 5.55. The van der Waals surface area contributed by atoms with Gasteiger partial charge >= 0.3 is 0 Å². The van der Waals surface area contributed by atoms with Crippen LogP contribution in [-0.2, 0) is 6.54 Å². The third-order valence-corrected chi connectivity index (χ3v) is 4.83. The number of halogens is 1. The van der Waals surface area contributed by atoms with Gasteiger partial charge in [0.2, 0.25) is 0 Å². The topological polar surface area (TPSA) is 67.8 Å². The summed E-state index contributed by atoms with van der Waals surface area (Å²) in [6.07, 6.45) is 0. The van der Waals surface area contributed by atoms with Crippen LogP contribution in [0.4, 0.5) is 5.69 Å². The van der Waals surface area contributed by atoms with Gasteiger partial charge in [-0.05, 0) is 19.1 Å². The molecule has 1 aromatic heterocycles. The van der Waals surface area contributed by atoms with E-state index in [1.807, 2.05) is 43.3 Å². The number of nitrogens with one attached hydrogen (secondary N) is 2. The highest BCUT2D eigenvalue weighted by Gasteiger charge is 2.08. The number of anilines is 1. The molecule has 0 radical (unpaired) electrons. The normalized spacial score (nSPS) is 10.8. The predicted molar refractivity (Wildman–Crippen MR) is 131 cm³/mol. The highest BCUT2D eigenvalue weighted by Crippen LogP contribution is 2.30. The molecular weight excluding hydrogens is 499 g/mol. The Hall–Kier alpha value is -2.33. The molecule has 1 heterocycles. The minimum atomic E-state index is 0. The van der Waals surface area contributed by atoms with Gasteiger partial charge in [0.25, 0.3) is 0 Å². The van der Waals surface area contributed by atoms with Crippen LogP contribution >= 0.6 is 35.3 Å². The third-order valence-electron chi connectivity index (χ3n) is 3.98. The molecule has 0 spiro atoms. The van der Waals surface area contributed by atoms with E-state index in [0.717, 1.165) is 27.7 Å². The zero-order valence-corrected chi connectivity index (χ0v) is 19.8. The Morgan fingerprint density at radius 2 is 1.93 bits per heavy atom. The standard InChI is InChI=1S/C21H24N4O2S.HI/c1-4-27-18-11-10-16(12-19(18)26-3)24-21(22-2)23-13-20-25-17(14-28-20)15-8-6-5-7-9-15;/h5-12,14H,4,13H2,1-3H3,(H2,22,23,24);1H. The molecule has 154 valence electrons. The van der Waals surface area contributed by atoms with Crippen molar-refractivity contribution in [1.29, 1.82) is 0 Å². The van der Waals surface area contributed by atoms with Crippen molar-refractivity contribution < 1.29 is 9.47 Å². The summed E-state index contributed by atoms with van der Waals surface area (Å²) < 4.78 is 10.9. The molecule has 3 rings (SSSR count). The van der Waals surface area contributed by atoms with E-state index in [0.29, 0.717) is 24.9 Å². The second-order valence-corrected chi connectivity index (χ2v) is 6.78. The second-order valence-electron chi connectivity index (χ2n) is 5.84. The van der Waals surface area contributed by atoms with E-state index in [1.54, 1.807) is 25.5 Å². The molecule has 0 unspecified atom stereocenters. The molecule has 0 aliphatic carbocycles. The Bertz CT molecular complexity index is 931. The molecule has 3 aromatic rings. The SMILES string of the molecule is CCOc1ccc(NC(=NC)NCc2nc(-c3ccccc3)cs2)cc1OC.I. The number of hydrogen-bond acceptors (Lipinski definition) is 5. The summed E-state index contributed by atoms with van der Waals surface area (Å²) in [6.45, 7) is 3.12. The minimum absolute atomic E-state index is 0. The fourth-order valence-corrected chi connectivity index (χ4v) is 3.37. The second kappa shape index (κ2) is 11.6. The number of guanidine groups is 1. The average molecular weight is 524 g/mol. The summed E-state index contributed by atoms with van der Waals surface area (Å²) in [7, 11) is 3.36. The van der Waals surface area contributed by atoms with Crippen molar-refractivity contribution in [2.45, 2.75) is 13.5 Å². The van der Waals surface area contributed by atoms with Crippen molar-refractivity contribution in [2.24, 2.45) is 4.99 Å². The smallest absolute Gasteiger partial charge is 0.195 e. The largest absolute Gasteiger partial charge is 0.493 e. The molecule has 8 heteroatoms. The lowest BCUT2D eigenvalue weighted by Crippen LogP contribution is -2.30. The van der Waals surface area contributed by atoms with Gasteiger partial charge < -0.3 is 20.1 Å². The number of rotatable bonds is 7. The summed E-state index contributed by atoms with van der Waals surface area (Å²) in [4.78, 5) is 8.97. The summed E-state index contributed by atoms with van der Waals surface area (Å²) in [5.74, 6) is 2.05. The van der Waals surface area contributed by atoms with Gasteiger partial charge in [-0.25, -0.2) is 4.98 Å². The fourth-order valence-electron chi connectivity index (χ4n) is 2.63. The van der Waals surface area contributed by atoms with Gasteiger partial charge in [0.1, 0.15) is 5.01 Å². The first-order valence-electron chi connectivity index (χ1n) is 9.01. The summed E-state index contributed by atoms with van der Waals surface area (Å²) in [5, 5.41) is 9.61. The molecule has 29 heavy (non-hydrogen) atoms. The summed E-state index contributed by atoms with van der Waals surface area (Å²) >= 11 is 1.62. The first-order valence-corrected chi connectivity index (χ1v) is 9.89. The van der Waals surface area contributed by atoms with E-state index in [2.05, 4.69) is 38.1 Å². The van der Waals surface area contributed by atoms with Crippen LogP contribution in [0, 0.1) is 0 Å². The van der Waals surface area contributed by atoms with Crippen LogP contribution in [0.1, 0.15) is 11.9 Å². The van der Waals surface area contributed by atoms with Crippen LogP contribution in [0.5, 0.6) is 11.5 Å². The quantitative estimate of drug-likeness (QED) is 0.258. The Labute approximate surface area is 192 Å². The lowest BCUT2D eigenvalue weighted by molar-refractivity contribution is 0.311. The molecule has 0 saturated heterocycles. The van der Waals surface area contributed by atoms with Crippen molar-refractivity contribution in [2.75, 3.05) is 26.1 Å². The Morgan fingerprint density at radius 1 is 1.14 bits per heavy atom. The summed E-state index contributed by atoms with van der Waals surface area (Å²) in [5.41, 5.74) is 2.97. The zero-order chi connectivity index (χ0) is 19.8. The number of benzene rings is 2. The number of hydrogen-bond donors (Lipinski definition) is 2. The van der Waals surface area contributed by atoms with Crippen LogP contribution < -0.4 is 20.1 Å². The number of ether oxygens (including phenoxy) is 2. The Morgan fingerprint density at radius 3 is 2.62 bits per heavy atom.